The lowest BCUT2D eigenvalue weighted by Gasteiger charge is -2.27. The molecule has 1 nitrogen and oxygen atoms in total. The summed E-state index contributed by atoms with van der Waals surface area (Å²) in [5, 5.41) is 6.34. The van der Waals surface area contributed by atoms with Crippen molar-refractivity contribution in [1.29, 1.82) is 0 Å². The Morgan fingerprint density at radius 1 is 1.11 bits per heavy atom. The van der Waals surface area contributed by atoms with E-state index in [1.807, 2.05) is 0 Å². The molecular formula is C18H23N. The van der Waals surface area contributed by atoms with Crippen LogP contribution in [0.2, 0.25) is 0 Å². The first-order chi connectivity index (χ1) is 9.22. The minimum atomic E-state index is 0.471. The van der Waals surface area contributed by atoms with Gasteiger partial charge in [-0.15, -0.1) is 0 Å². The smallest absolute Gasteiger partial charge is 0.0354 e. The van der Waals surface area contributed by atoms with E-state index < -0.39 is 0 Å². The summed E-state index contributed by atoms with van der Waals surface area (Å²) in [5.74, 6) is 1.63. The molecule has 2 aromatic carbocycles. The number of hydrogen-bond donors (Lipinski definition) is 1. The van der Waals surface area contributed by atoms with Crippen LogP contribution in [0.15, 0.2) is 36.4 Å². The van der Waals surface area contributed by atoms with Crippen molar-refractivity contribution >= 4 is 10.8 Å². The molecule has 0 aromatic heterocycles. The second-order valence-corrected chi connectivity index (χ2v) is 5.98. The molecule has 3 rings (SSSR count). The molecule has 100 valence electrons. The highest BCUT2D eigenvalue weighted by molar-refractivity contribution is 5.87. The van der Waals surface area contributed by atoms with E-state index in [2.05, 4.69) is 62.6 Å². The molecule has 2 unspecified atom stereocenters. The first-order valence-electron chi connectivity index (χ1n) is 7.38. The second kappa shape index (κ2) is 4.97. The number of benzene rings is 2. The second-order valence-electron chi connectivity index (χ2n) is 5.98. The zero-order chi connectivity index (χ0) is 13.4. The number of nitrogens with one attached hydrogen (secondary N) is 1. The zero-order valence-electron chi connectivity index (χ0n) is 12.1. The van der Waals surface area contributed by atoms with Gasteiger partial charge in [-0.25, -0.2) is 0 Å². The van der Waals surface area contributed by atoms with E-state index in [1.54, 1.807) is 0 Å². The van der Waals surface area contributed by atoms with E-state index >= 15 is 0 Å². The summed E-state index contributed by atoms with van der Waals surface area (Å²) >= 11 is 0. The van der Waals surface area contributed by atoms with Crippen LogP contribution in [0.1, 0.15) is 36.9 Å². The van der Waals surface area contributed by atoms with E-state index in [4.69, 9.17) is 0 Å². The molecule has 0 spiro atoms. The first-order valence-corrected chi connectivity index (χ1v) is 7.38. The zero-order valence-corrected chi connectivity index (χ0v) is 12.1. The summed E-state index contributed by atoms with van der Waals surface area (Å²) in [5.41, 5.74) is 2.91. The molecule has 19 heavy (non-hydrogen) atoms. The van der Waals surface area contributed by atoms with Crippen LogP contribution in [0.4, 0.5) is 0 Å². The highest BCUT2D eigenvalue weighted by Gasteiger charge is 2.34. The predicted molar refractivity (Wildman–Crippen MR) is 82.4 cm³/mol. The summed E-state index contributed by atoms with van der Waals surface area (Å²) in [6, 6.07) is 13.7. The van der Waals surface area contributed by atoms with Gasteiger partial charge < -0.3 is 5.32 Å². The van der Waals surface area contributed by atoms with Gasteiger partial charge in [0, 0.05) is 6.04 Å². The third kappa shape index (κ3) is 2.28. The SMILES string of the molecule is CNC(c1c(C)ccc2ccccc12)C(C)C1CC1. The van der Waals surface area contributed by atoms with Crippen molar-refractivity contribution in [3.63, 3.8) is 0 Å². The Balaban J connectivity index is 2.13. The molecule has 1 N–H and O–H groups in total. The molecule has 1 saturated carbocycles. The van der Waals surface area contributed by atoms with Crippen LogP contribution in [-0.4, -0.2) is 7.05 Å². The largest absolute Gasteiger partial charge is 0.313 e. The molecule has 1 fully saturated rings. The fourth-order valence-corrected chi connectivity index (χ4v) is 3.38. The molecule has 0 bridgehead atoms. The molecule has 0 heterocycles. The molecular weight excluding hydrogens is 230 g/mol. The predicted octanol–water partition coefficient (Wildman–Crippen LogP) is 4.45. The average molecular weight is 253 g/mol. The molecule has 1 heteroatoms. The van der Waals surface area contributed by atoms with Gasteiger partial charge in [0.1, 0.15) is 0 Å². The molecule has 2 atom stereocenters. The third-order valence-electron chi connectivity index (χ3n) is 4.70. The summed E-state index contributed by atoms with van der Waals surface area (Å²) in [6.45, 7) is 4.64. The summed E-state index contributed by atoms with van der Waals surface area (Å²) in [4.78, 5) is 0. The molecule has 1 aliphatic rings. The number of hydrogen-bond acceptors (Lipinski definition) is 1. The van der Waals surface area contributed by atoms with Crippen LogP contribution >= 0.6 is 0 Å². The van der Waals surface area contributed by atoms with E-state index in [0.29, 0.717) is 6.04 Å². The Kier molecular flexibility index (Phi) is 3.32. The van der Waals surface area contributed by atoms with Crippen LogP contribution in [0.25, 0.3) is 10.8 Å². The minimum Gasteiger partial charge on any atom is -0.313 e. The van der Waals surface area contributed by atoms with Crippen LogP contribution in [0.3, 0.4) is 0 Å². The van der Waals surface area contributed by atoms with E-state index in [9.17, 15) is 0 Å². The van der Waals surface area contributed by atoms with Crippen molar-refractivity contribution in [3.8, 4) is 0 Å². The van der Waals surface area contributed by atoms with E-state index in [1.165, 1.54) is 34.7 Å². The van der Waals surface area contributed by atoms with E-state index in [0.717, 1.165) is 11.8 Å². The van der Waals surface area contributed by atoms with Gasteiger partial charge in [0.15, 0.2) is 0 Å². The highest BCUT2D eigenvalue weighted by Crippen LogP contribution is 2.44. The molecule has 0 amide bonds. The lowest BCUT2D eigenvalue weighted by Crippen LogP contribution is -2.25. The lowest BCUT2D eigenvalue weighted by atomic mass is 9.85. The van der Waals surface area contributed by atoms with Crippen LogP contribution in [0, 0.1) is 18.8 Å². The van der Waals surface area contributed by atoms with Crippen molar-refractivity contribution in [1.82, 2.24) is 5.32 Å². The Hall–Kier alpha value is -1.34. The summed E-state index contributed by atoms with van der Waals surface area (Å²) in [6.07, 6.45) is 2.81. The van der Waals surface area contributed by atoms with Crippen molar-refractivity contribution in [3.05, 3.63) is 47.5 Å². The van der Waals surface area contributed by atoms with Crippen molar-refractivity contribution in [2.45, 2.75) is 32.7 Å². The maximum Gasteiger partial charge on any atom is 0.0354 e. The van der Waals surface area contributed by atoms with Crippen LogP contribution in [0.5, 0.6) is 0 Å². The van der Waals surface area contributed by atoms with Crippen molar-refractivity contribution in [2.24, 2.45) is 11.8 Å². The van der Waals surface area contributed by atoms with Gasteiger partial charge in [0.05, 0.1) is 0 Å². The fraction of sp³-hybridized carbons (Fsp3) is 0.444. The molecule has 0 aliphatic heterocycles. The normalized spacial score (nSPS) is 18.5. The molecule has 0 saturated heterocycles. The summed E-state index contributed by atoms with van der Waals surface area (Å²) < 4.78 is 0. The van der Waals surface area contributed by atoms with Crippen molar-refractivity contribution in [2.75, 3.05) is 7.05 Å². The average Bonchev–Trinajstić information content (AvgIpc) is 3.26. The monoisotopic (exact) mass is 253 g/mol. The summed E-state index contributed by atoms with van der Waals surface area (Å²) in [7, 11) is 2.10. The molecule has 1 aliphatic carbocycles. The van der Waals surface area contributed by atoms with Crippen molar-refractivity contribution < 1.29 is 0 Å². The number of rotatable bonds is 4. The first kappa shape index (κ1) is 12.7. The lowest BCUT2D eigenvalue weighted by molar-refractivity contribution is 0.370. The minimum absolute atomic E-state index is 0.471. The maximum atomic E-state index is 3.57. The topological polar surface area (TPSA) is 12.0 Å². The standard InChI is InChI=1S/C18H23N/c1-12-8-9-15-6-4-5-7-16(15)17(12)18(19-3)13(2)14-10-11-14/h4-9,13-14,18-19H,10-11H2,1-3H3. The van der Waals surface area contributed by atoms with E-state index in [-0.39, 0.29) is 0 Å². The van der Waals surface area contributed by atoms with Crippen LogP contribution in [-0.2, 0) is 0 Å². The quantitative estimate of drug-likeness (QED) is 0.848. The Bertz CT molecular complexity index is 583. The molecule has 0 radical (unpaired) electrons. The van der Waals surface area contributed by atoms with Crippen LogP contribution < -0.4 is 5.32 Å². The van der Waals surface area contributed by atoms with Gasteiger partial charge in [-0.2, -0.15) is 0 Å². The van der Waals surface area contributed by atoms with Gasteiger partial charge in [-0.3, -0.25) is 0 Å². The maximum absolute atomic E-state index is 3.57. The van der Waals surface area contributed by atoms with Gasteiger partial charge in [-0.05, 0) is 60.5 Å². The van der Waals surface area contributed by atoms with Gasteiger partial charge in [-0.1, -0.05) is 43.3 Å². The highest BCUT2D eigenvalue weighted by atomic mass is 14.9. The third-order valence-corrected chi connectivity index (χ3v) is 4.70. The number of aryl methyl sites for hydroxylation is 1. The van der Waals surface area contributed by atoms with Gasteiger partial charge in [0.2, 0.25) is 0 Å². The molecule has 2 aromatic rings. The Morgan fingerprint density at radius 2 is 1.84 bits per heavy atom. The Morgan fingerprint density at radius 3 is 2.53 bits per heavy atom. The van der Waals surface area contributed by atoms with Gasteiger partial charge in [0.25, 0.3) is 0 Å². The van der Waals surface area contributed by atoms with Gasteiger partial charge >= 0.3 is 0 Å². The Labute approximate surface area is 116 Å². The number of fused-ring (bicyclic) bond motifs is 1. The fourth-order valence-electron chi connectivity index (χ4n) is 3.38.